The van der Waals surface area contributed by atoms with E-state index in [1.54, 1.807) is 0 Å². The van der Waals surface area contributed by atoms with Gasteiger partial charge in [-0.05, 0) is 57.2 Å². The second kappa shape index (κ2) is 7.64. The van der Waals surface area contributed by atoms with Gasteiger partial charge in [0, 0.05) is 29.8 Å². The Hall–Kier alpha value is -1.42. The number of carbonyl (C=O) groups excluding carboxylic acids is 1. The summed E-state index contributed by atoms with van der Waals surface area (Å²) in [6.07, 6.45) is 1.65. The van der Waals surface area contributed by atoms with Crippen molar-refractivity contribution in [1.82, 2.24) is 5.32 Å². The normalized spacial score (nSPS) is 18.6. The number of nitrogens with zero attached hydrogens (tertiary/aromatic N) is 1. The molecule has 0 saturated carbocycles. The fraction of sp³-hybridized carbons (Fsp3) is 0.632. The number of amides is 1. The maximum Gasteiger partial charge on any atom is 0.407 e. The smallest absolute Gasteiger partial charge is 0.407 e. The quantitative estimate of drug-likeness (QED) is 0.836. The molecule has 2 rings (SSSR count). The third kappa shape index (κ3) is 5.30. The SMILES string of the molecule is CC(C)c1ccc(N2CCCC(NC(=O)OC(C)(C)C)C2)cc1Cl. The van der Waals surface area contributed by atoms with E-state index >= 15 is 0 Å². The first-order chi connectivity index (χ1) is 11.2. The van der Waals surface area contributed by atoms with Crippen molar-refractivity contribution < 1.29 is 9.53 Å². The average Bonchev–Trinajstić information content (AvgIpc) is 2.44. The number of benzene rings is 1. The Kier molecular flexibility index (Phi) is 6.02. The van der Waals surface area contributed by atoms with E-state index in [-0.39, 0.29) is 12.1 Å². The number of alkyl carbamates (subject to hydrolysis) is 1. The summed E-state index contributed by atoms with van der Waals surface area (Å²) in [5.41, 5.74) is 1.81. The van der Waals surface area contributed by atoms with Gasteiger partial charge in [-0.2, -0.15) is 0 Å². The predicted molar refractivity (Wildman–Crippen MR) is 100 cm³/mol. The lowest BCUT2D eigenvalue weighted by atomic mass is 10.0. The van der Waals surface area contributed by atoms with Gasteiger partial charge in [0.05, 0.1) is 0 Å². The lowest BCUT2D eigenvalue weighted by Gasteiger charge is -2.35. The lowest BCUT2D eigenvalue weighted by Crippen LogP contribution is -2.49. The molecule has 1 aromatic rings. The van der Waals surface area contributed by atoms with E-state index in [0.29, 0.717) is 5.92 Å². The predicted octanol–water partition coefficient (Wildman–Crippen LogP) is 4.96. The van der Waals surface area contributed by atoms with E-state index in [1.165, 1.54) is 5.56 Å². The van der Waals surface area contributed by atoms with Gasteiger partial charge in [-0.25, -0.2) is 4.79 Å². The van der Waals surface area contributed by atoms with Crippen LogP contribution in [0.5, 0.6) is 0 Å². The Morgan fingerprint density at radius 3 is 2.67 bits per heavy atom. The summed E-state index contributed by atoms with van der Waals surface area (Å²) < 4.78 is 5.35. The first-order valence-electron chi connectivity index (χ1n) is 8.69. The van der Waals surface area contributed by atoms with Gasteiger partial charge in [0.15, 0.2) is 0 Å². The number of anilines is 1. The zero-order chi connectivity index (χ0) is 17.9. The second-order valence-corrected chi connectivity index (χ2v) is 8.20. The highest BCUT2D eigenvalue weighted by Gasteiger charge is 2.24. The van der Waals surface area contributed by atoms with E-state index < -0.39 is 5.60 Å². The van der Waals surface area contributed by atoms with Crippen LogP contribution in [0.1, 0.15) is 58.9 Å². The third-order valence-corrected chi connectivity index (χ3v) is 4.44. The molecule has 1 fully saturated rings. The van der Waals surface area contributed by atoms with Crippen LogP contribution in [-0.4, -0.2) is 30.8 Å². The first kappa shape index (κ1) is 18.9. The molecule has 1 unspecified atom stereocenters. The van der Waals surface area contributed by atoms with Crippen LogP contribution in [0.3, 0.4) is 0 Å². The van der Waals surface area contributed by atoms with Crippen LogP contribution in [0.4, 0.5) is 10.5 Å². The standard InChI is InChI=1S/C19H29ClN2O2/c1-13(2)16-9-8-15(11-17(16)20)22-10-6-7-14(12-22)21-18(23)24-19(3,4)5/h8-9,11,13-14H,6-7,10,12H2,1-5H3,(H,21,23). The molecular formula is C19H29ClN2O2. The molecule has 5 heteroatoms. The molecule has 1 aliphatic heterocycles. The highest BCUT2D eigenvalue weighted by Crippen LogP contribution is 2.30. The number of nitrogens with one attached hydrogen (secondary N) is 1. The Bertz CT molecular complexity index is 581. The van der Waals surface area contributed by atoms with Crippen LogP contribution in [0.15, 0.2) is 18.2 Å². The summed E-state index contributed by atoms with van der Waals surface area (Å²) in [7, 11) is 0. The molecule has 0 spiro atoms. The molecule has 0 aliphatic carbocycles. The molecule has 134 valence electrons. The molecule has 1 heterocycles. The van der Waals surface area contributed by atoms with Crippen LogP contribution in [0, 0.1) is 0 Å². The number of hydrogen-bond donors (Lipinski definition) is 1. The number of carbonyl (C=O) groups is 1. The number of rotatable bonds is 3. The van der Waals surface area contributed by atoms with Crippen LogP contribution in [-0.2, 0) is 4.74 Å². The summed E-state index contributed by atoms with van der Waals surface area (Å²) in [5, 5.41) is 3.79. The molecule has 1 N–H and O–H groups in total. The minimum absolute atomic E-state index is 0.0946. The Labute approximate surface area is 150 Å². The minimum Gasteiger partial charge on any atom is -0.444 e. The van der Waals surface area contributed by atoms with Gasteiger partial charge in [-0.3, -0.25) is 0 Å². The molecule has 4 nitrogen and oxygen atoms in total. The van der Waals surface area contributed by atoms with Gasteiger partial charge in [0.25, 0.3) is 0 Å². The Balaban J connectivity index is 2.00. The van der Waals surface area contributed by atoms with Crippen molar-refractivity contribution in [3.05, 3.63) is 28.8 Å². The zero-order valence-corrected chi connectivity index (χ0v) is 16.1. The molecule has 0 aromatic heterocycles. The minimum atomic E-state index is -0.474. The lowest BCUT2D eigenvalue weighted by molar-refractivity contribution is 0.0500. The number of piperidine rings is 1. The molecule has 1 aliphatic rings. The number of halogens is 1. The van der Waals surface area contributed by atoms with E-state index in [1.807, 2.05) is 26.8 Å². The van der Waals surface area contributed by atoms with E-state index in [4.69, 9.17) is 16.3 Å². The van der Waals surface area contributed by atoms with Crippen molar-refractivity contribution in [2.45, 2.75) is 65.0 Å². The fourth-order valence-corrected chi connectivity index (χ4v) is 3.38. The van der Waals surface area contributed by atoms with Crippen molar-refractivity contribution in [1.29, 1.82) is 0 Å². The maximum absolute atomic E-state index is 12.0. The third-order valence-electron chi connectivity index (χ3n) is 4.11. The van der Waals surface area contributed by atoms with Gasteiger partial charge in [-0.15, -0.1) is 0 Å². The Morgan fingerprint density at radius 1 is 1.38 bits per heavy atom. The van der Waals surface area contributed by atoms with Crippen molar-refractivity contribution in [3.63, 3.8) is 0 Å². The molecule has 24 heavy (non-hydrogen) atoms. The first-order valence-corrected chi connectivity index (χ1v) is 9.07. The maximum atomic E-state index is 12.0. The second-order valence-electron chi connectivity index (χ2n) is 7.79. The Morgan fingerprint density at radius 2 is 2.08 bits per heavy atom. The molecular weight excluding hydrogens is 324 g/mol. The van der Waals surface area contributed by atoms with Crippen LogP contribution in [0.25, 0.3) is 0 Å². The summed E-state index contributed by atoms with van der Waals surface area (Å²) in [6.45, 7) is 11.7. The molecule has 1 atom stereocenters. The molecule has 1 aromatic carbocycles. The zero-order valence-electron chi connectivity index (χ0n) is 15.4. The van der Waals surface area contributed by atoms with Crippen LogP contribution >= 0.6 is 11.6 Å². The van der Waals surface area contributed by atoms with Crippen molar-refractivity contribution in [2.24, 2.45) is 0 Å². The van der Waals surface area contributed by atoms with Crippen molar-refractivity contribution >= 4 is 23.4 Å². The van der Waals surface area contributed by atoms with E-state index in [9.17, 15) is 4.79 Å². The summed E-state index contributed by atoms with van der Waals surface area (Å²) in [5.74, 6) is 0.412. The average molecular weight is 353 g/mol. The summed E-state index contributed by atoms with van der Waals surface area (Å²) in [6, 6.07) is 6.36. The monoisotopic (exact) mass is 352 g/mol. The highest BCUT2D eigenvalue weighted by molar-refractivity contribution is 6.31. The van der Waals surface area contributed by atoms with Gasteiger partial charge in [0.1, 0.15) is 5.60 Å². The fourth-order valence-electron chi connectivity index (χ4n) is 2.98. The van der Waals surface area contributed by atoms with Crippen LogP contribution in [0.2, 0.25) is 5.02 Å². The van der Waals surface area contributed by atoms with E-state index in [0.717, 1.165) is 36.6 Å². The highest BCUT2D eigenvalue weighted by atomic mass is 35.5. The van der Waals surface area contributed by atoms with Gasteiger partial charge in [0.2, 0.25) is 0 Å². The van der Waals surface area contributed by atoms with Crippen molar-refractivity contribution in [2.75, 3.05) is 18.0 Å². The molecule has 1 saturated heterocycles. The summed E-state index contributed by atoms with van der Waals surface area (Å²) >= 11 is 6.42. The molecule has 1 amide bonds. The van der Waals surface area contributed by atoms with Crippen molar-refractivity contribution in [3.8, 4) is 0 Å². The van der Waals surface area contributed by atoms with E-state index in [2.05, 4.69) is 36.2 Å². The number of hydrogen-bond acceptors (Lipinski definition) is 3. The van der Waals surface area contributed by atoms with Gasteiger partial charge in [-0.1, -0.05) is 31.5 Å². The molecule has 0 bridgehead atoms. The molecule has 0 radical (unpaired) electrons. The van der Waals surface area contributed by atoms with Gasteiger partial charge >= 0.3 is 6.09 Å². The van der Waals surface area contributed by atoms with Gasteiger partial charge < -0.3 is 15.0 Å². The summed E-state index contributed by atoms with van der Waals surface area (Å²) in [4.78, 5) is 14.3. The largest absolute Gasteiger partial charge is 0.444 e. The number of ether oxygens (including phenoxy) is 1. The topological polar surface area (TPSA) is 41.6 Å². The van der Waals surface area contributed by atoms with Crippen LogP contribution < -0.4 is 10.2 Å².